The van der Waals surface area contributed by atoms with Gasteiger partial charge in [0.25, 0.3) is 0 Å². The standard InChI is InChI=1S/C74H131NO13/c1-3-5-7-9-11-13-15-17-19-21-23-25-27-29-30-31-32-34-36-38-40-42-44-46-48-50-52-54-56-58-66(79)75-62(61-85-73-71(84)69(82)72(65(60-77)87-73)88-74-70(83)68(81)67(80)64(59-76)86-74)63(78)57-55-53-51-49-47-45-43-41-39-37-35-33-28-26-24-22-20-18-16-14-12-10-8-6-4-2/h5,7,11,13,17,19,23,25,29-30,47,49,55,57,62-65,67-74,76-78,80-84H,3-4,6,8-10,12,14-16,18,20-22,24,26-28,31-46,48,50-54,56,58-61H2,1-2H3,(H,75,79)/b7-5-,13-11-,19-17-,25-23-,30-29-,49-47+,57-55+. The van der Waals surface area contributed by atoms with E-state index in [2.05, 4.69) is 92.1 Å². The van der Waals surface area contributed by atoms with Gasteiger partial charge in [-0.2, -0.15) is 0 Å². The van der Waals surface area contributed by atoms with Crippen LogP contribution in [0.15, 0.2) is 85.1 Å². The number of carbonyl (C=O) groups excluding carboxylic acids is 1. The number of allylic oxidation sites excluding steroid dienone is 13. The Morgan fingerprint density at radius 3 is 1.25 bits per heavy atom. The number of rotatable bonds is 58. The van der Waals surface area contributed by atoms with Crippen LogP contribution in [0, 0.1) is 0 Å². The molecular weight excluding hydrogens is 1110 g/mol. The molecule has 14 nitrogen and oxygen atoms in total. The zero-order valence-electron chi connectivity index (χ0n) is 55.4. The Hall–Kier alpha value is -2.83. The summed E-state index contributed by atoms with van der Waals surface area (Å²) in [5, 5.41) is 87.5. The average Bonchev–Trinajstić information content (AvgIpc) is 2.07. The molecule has 14 heteroatoms. The van der Waals surface area contributed by atoms with Crippen molar-refractivity contribution in [2.75, 3.05) is 19.8 Å². The van der Waals surface area contributed by atoms with Crippen LogP contribution >= 0.6 is 0 Å². The summed E-state index contributed by atoms with van der Waals surface area (Å²) in [5.74, 6) is -0.251. The quantitative estimate of drug-likeness (QED) is 0.0204. The molecule has 0 aromatic heterocycles. The Kier molecular flexibility index (Phi) is 53.6. The largest absolute Gasteiger partial charge is 0.394 e. The zero-order valence-corrected chi connectivity index (χ0v) is 55.4. The molecule has 9 N–H and O–H groups in total. The molecule has 1 amide bonds. The molecule has 0 aromatic carbocycles. The van der Waals surface area contributed by atoms with Crippen LogP contribution in [0.4, 0.5) is 0 Å². The maximum atomic E-state index is 13.3. The number of ether oxygens (including phenoxy) is 4. The van der Waals surface area contributed by atoms with Crippen molar-refractivity contribution in [3.8, 4) is 0 Å². The maximum Gasteiger partial charge on any atom is 0.220 e. The second kappa shape index (κ2) is 58.0. The number of aliphatic hydroxyl groups excluding tert-OH is 8. The molecule has 2 saturated heterocycles. The topological polar surface area (TPSA) is 228 Å². The van der Waals surface area contributed by atoms with E-state index in [1.54, 1.807) is 6.08 Å². The first-order valence-corrected chi connectivity index (χ1v) is 35.8. The molecule has 2 aliphatic rings. The summed E-state index contributed by atoms with van der Waals surface area (Å²) in [6.45, 7) is 2.70. The van der Waals surface area contributed by atoms with Crippen molar-refractivity contribution in [1.82, 2.24) is 5.32 Å². The zero-order chi connectivity index (χ0) is 63.8. The number of carbonyl (C=O) groups is 1. The predicted octanol–water partition coefficient (Wildman–Crippen LogP) is 14.8. The lowest BCUT2D eigenvalue weighted by Gasteiger charge is -2.46. The number of unbranched alkanes of at least 4 members (excludes halogenated alkanes) is 33. The summed E-state index contributed by atoms with van der Waals surface area (Å²) in [6.07, 6.45) is 63.5. The van der Waals surface area contributed by atoms with Crippen LogP contribution in [0.5, 0.6) is 0 Å². The summed E-state index contributed by atoms with van der Waals surface area (Å²) in [5.41, 5.74) is 0. The number of aliphatic hydroxyl groups is 8. The van der Waals surface area contributed by atoms with Gasteiger partial charge in [0.15, 0.2) is 12.6 Å². The van der Waals surface area contributed by atoms with Gasteiger partial charge >= 0.3 is 0 Å². The monoisotopic (exact) mass is 1240 g/mol. The van der Waals surface area contributed by atoms with E-state index in [-0.39, 0.29) is 18.9 Å². The third-order valence-electron chi connectivity index (χ3n) is 17.1. The van der Waals surface area contributed by atoms with E-state index in [1.165, 1.54) is 180 Å². The van der Waals surface area contributed by atoms with Gasteiger partial charge in [-0.15, -0.1) is 0 Å². The molecule has 510 valence electrons. The Morgan fingerprint density at radius 2 is 0.795 bits per heavy atom. The first-order valence-electron chi connectivity index (χ1n) is 35.8. The maximum absolute atomic E-state index is 13.3. The molecule has 0 radical (unpaired) electrons. The molecule has 12 unspecified atom stereocenters. The first kappa shape index (κ1) is 81.3. The van der Waals surface area contributed by atoms with E-state index >= 15 is 0 Å². The molecule has 2 fully saturated rings. The molecule has 0 spiro atoms. The minimum atomic E-state index is -1.79. The van der Waals surface area contributed by atoms with Gasteiger partial charge in [-0.05, 0) is 77.0 Å². The molecule has 0 aliphatic carbocycles. The van der Waals surface area contributed by atoms with Crippen molar-refractivity contribution in [1.29, 1.82) is 0 Å². The van der Waals surface area contributed by atoms with Crippen molar-refractivity contribution in [3.05, 3.63) is 85.1 Å². The first-order chi connectivity index (χ1) is 43.1. The highest BCUT2D eigenvalue weighted by atomic mass is 16.7. The minimum Gasteiger partial charge on any atom is -0.394 e. The second-order valence-electron chi connectivity index (χ2n) is 25.0. The molecule has 2 rings (SSSR count). The molecule has 88 heavy (non-hydrogen) atoms. The molecule has 12 atom stereocenters. The van der Waals surface area contributed by atoms with Gasteiger partial charge in [-0.3, -0.25) is 4.79 Å². The SMILES string of the molecule is CC/C=C\C/C=C\C/C=C\C/C=C\C/C=C\CCCCCCCCCCCCCCCC(=O)NC(COC1OC(CO)C(OC2OC(CO)C(O)C(O)C2O)C(O)C1O)C(O)/C=C/CC/C=C/CCCCCCCCCCCCCCCCCCCCC. The highest BCUT2D eigenvalue weighted by molar-refractivity contribution is 5.76. The van der Waals surface area contributed by atoms with E-state index in [9.17, 15) is 45.6 Å². The number of hydrogen-bond donors (Lipinski definition) is 9. The van der Waals surface area contributed by atoms with E-state index in [0.29, 0.717) is 12.8 Å². The summed E-state index contributed by atoms with van der Waals surface area (Å²) in [6, 6.07) is -0.938. The Labute approximate surface area is 535 Å². The highest BCUT2D eigenvalue weighted by Gasteiger charge is 2.51. The lowest BCUT2D eigenvalue weighted by molar-refractivity contribution is -0.359. The van der Waals surface area contributed by atoms with Crippen LogP contribution in [0.1, 0.15) is 284 Å². The van der Waals surface area contributed by atoms with Gasteiger partial charge in [0.2, 0.25) is 5.91 Å². The van der Waals surface area contributed by atoms with Crippen LogP contribution in [0.3, 0.4) is 0 Å². The van der Waals surface area contributed by atoms with Gasteiger partial charge in [0.1, 0.15) is 48.8 Å². The van der Waals surface area contributed by atoms with Crippen LogP contribution in [-0.2, 0) is 23.7 Å². The number of nitrogens with one attached hydrogen (secondary N) is 1. The highest BCUT2D eigenvalue weighted by Crippen LogP contribution is 2.30. The summed E-state index contributed by atoms with van der Waals surface area (Å²) in [7, 11) is 0. The molecule has 0 saturated carbocycles. The predicted molar refractivity (Wildman–Crippen MR) is 360 cm³/mol. The van der Waals surface area contributed by atoms with Crippen molar-refractivity contribution >= 4 is 5.91 Å². The third kappa shape index (κ3) is 41.6. The van der Waals surface area contributed by atoms with Gasteiger partial charge < -0.3 is 65.1 Å². The fraction of sp³-hybridized carbons (Fsp3) is 0.797. The molecule has 2 aliphatic heterocycles. The van der Waals surface area contributed by atoms with Crippen molar-refractivity contribution in [3.63, 3.8) is 0 Å². The Balaban J connectivity index is 1.69. The van der Waals surface area contributed by atoms with Crippen LogP contribution in [0.25, 0.3) is 0 Å². The lowest BCUT2D eigenvalue weighted by Crippen LogP contribution is -2.65. The van der Waals surface area contributed by atoms with E-state index in [0.717, 1.165) is 70.6 Å². The fourth-order valence-corrected chi connectivity index (χ4v) is 11.4. The third-order valence-corrected chi connectivity index (χ3v) is 17.1. The Bertz CT molecular complexity index is 1800. The second-order valence-corrected chi connectivity index (χ2v) is 25.0. The van der Waals surface area contributed by atoms with Gasteiger partial charge in [-0.1, -0.05) is 285 Å². The fourth-order valence-electron chi connectivity index (χ4n) is 11.4. The Morgan fingerprint density at radius 1 is 0.420 bits per heavy atom. The van der Waals surface area contributed by atoms with Crippen molar-refractivity contribution < 1.29 is 64.6 Å². The smallest absolute Gasteiger partial charge is 0.220 e. The van der Waals surface area contributed by atoms with Gasteiger partial charge in [-0.25, -0.2) is 0 Å². The molecule has 0 aromatic rings. The molecule has 0 bridgehead atoms. The number of hydrogen-bond acceptors (Lipinski definition) is 13. The molecular formula is C74H131NO13. The van der Waals surface area contributed by atoms with Gasteiger partial charge in [0.05, 0.1) is 32.0 Å². The summed E-state index contributed by atoms with van der Waals surface area (Å²) in [4.78, 5) is 13.3. The average molecular weight is 1240 g/mol. The lowest BCUT2D eigenvalue weighted by atomic mass is 9.97. The number of amides is 1. The van der Waals surface area contributed by atoms with Crippen molar-refractivity contribution in [2.24, 2.45) is 0 Å². The van der Waals surface area contributed by atoms with Crippen molar-refractivity contribution in [2.45, 2.75) is 357 Å². The van der Waals surface area contributed by atoms with Crippen LogP contribution in [-0.4, -0.2) is 140 Å². The van der Waals surface area contributed by atoms with E-state index < -0.39 is 86.8 Å². The summed E-state index contributed by atoms with van der Waals surface area (Å²) < 4.78 is 22.9. The van der Waals surface area contributed by atoms with Gasteiger partial charge in [0, 0.05) is 6.42 Å². The van der Waals surface area contributed by atoms with Crippen LogP contribution < -0.4 is 5.32 Å². The van der Waals surface area contributed by atoms with E-state index in [4.69, 9.17) is 18.9 Å². The minimum absolute atomic E-state index is 0.251. The molecule has 2 heterocycles. The van der Waals surface area contributed by atoms with Crippen LogP contribution in [0.2, 0.25) is 0 Å². The van der Waals surface area contributed by atoms with E-state index in [1.807, 2.05) is 6.08 Å². The summed E-state index contributed by atoms with van der Waals surface area (Å²) >= 11 is 0. The normalized spacial score (nSPS) is 23.7.